The molecule has 222 valence electrons. The average molecular weight is 553 g/mol. The molecule has 14 atom stereocenters. The second-order valence-corrected chi connectivity index (χ2v) is 10.2. The van der Waals surface area contributed by atoms with Gasteiger partial charge in [0.1, 0.15) is 42.7 Å². The van der Waals surface area contributed by atoms with E-state index in [2.05, 4.69) is 5.32 Å². The van der Waals surface area contributed by atoms with E-state index in [0.29, 0.717) is 12.8 Å². The number of hydrogen-bond acceptors (Lipinski definition) is 15. The molecule has 0 spiro atoms. The van der Waals surface area contributed by atoms with Crippen molar-refractivity contribution in [1.29, 1.82) is 0 Å². The summed E-state index contributed by atoms with van der Waals surface area (Å²) in [5.74, 6) is -0.762. The van der Waals surface area contributed by atoms with E-state index >= 15 is 0 Å². The number of aliphatic hydroxyl groups excluding tert-OH is 5. The Morgan fingerprint density at radius 3 is 2.26 bits per heavy atom. The van der Waals surface area contributed by atoms with Crippen molar-refractivity contribution in [3.8, 4) is 0 Å². The van der Waals surface area contributed by atoms with Crippen molar-refractivity contribution in [2.45, 2.75) is 111 Å². The normalized spacial score (nSPS) is 44.9. The third-order valence-electron chi connectivity index (χ3n) is 7.37. The average Bonchev–Trinajstić information content (AvgIpc) is 2.89. The molecule has 3 fully saturated rings. The summed E-state index contributed by atoms with van der Waals surface area (Å²) in [6.07, 6.45) is -10.8. The SMILES string of the molecule is NCC[C@H](O)C(=O)N[C@@H]1C[C@H](N)C(O[C@H]2O[C@H](CN)CCC2N)C(O)[C@H]1O[C@H]1OC(CO)[C@@H](O)[C@H](N)C1O. The van der Waals surface area contributed by atoms with E-state index in [1.165, 1.54) is 0 Å². The fraction of sp³-hybridized carbons (Fsp3) is 0.955. The van der Waals surface area contributed by atoms with Gasteiger partial charge in [0.25, 0.3) is 0 Å². The van der Waals surface area contributed by atoms with Crippen molar-refractivity contribution in [3.63, 3.8) is 0 Å². The second kappa shape index (κ2) is 14.0. The number of nitrogens with one attached hydrogen (secondary N) is 1. The van der Waals surface area contributed by atoms with Gasteiger partial charge in [-0.05, 0) is 32.2 Å². The van der Waals surface area contributed by atoms with Crippen molar-refractivity contribution in [1.82, 2.24) is 5.32 Å². The molecule has 2 aliphatic heterocycles. The van der Waals surface area contributed by atoms with Gasteiger partial charge in [0.2, 0.25) is 5.91 Å². The third kappa shape index (κ3) is 7.15. The highest BCUT2D eigenvalue weighted by Crippen LogP contribution is 2.31. The molecule has 1 saturated carbocycles. The van der Waals surface area contributed by atoms with E-state index in [1.807, 2.05) is 0 Å². The standard InChI is InChI=1S/C22H44N6O10/c23-4-3-12(30)20(34)28-11-5-10(26)18(37-21-9(25)2-1-8(6-24)35-21)17(33)19(11)38-22-16(32)14(27)15(31)13(7-29)36-22/h8-19,21-22,29-33H,1-7,23-27H2,(H,28,34)/t8-,9?,10-,11+,12-,13?,14-,15+,16?,17?,18?,19-,21+,22+/m0/s1. The van der Waals surface area contributed by atoms with Crippen molar-refractivity contribution < 1.29 is 49.3 Å². The van der Waals surface area contributed by atoms with E-state index < -0.39 is 92.0 Å². The summed E-state index contributed by atoms with van der Waals surface area (Å²) in [6, 6.07) is -3.54. The maximum atomic E-state index is 12.6. The molecular weight excluding hydrogens is 508 g/mol. The molecule has 3 aliphatic rings. The van der Waals surface area contributed by atoms with Crippen molar-refractivity contribution >= 4 is 5.91 Å². The number of amides is 1. The molecule has 0 radical (unpaired) electrons. The van der Waals surface area contributed by atoms with Gasteiger partial charge in [-0.25, -0.2) is 0 Å². The highest BCUT2D eigenvalue weighted by Gasteiger charge is 2.51. The highest BCUT2D eigenvalue weighted by molar-refractivity contribution is 5.80. The van der Waals surface area contributed by atoms with Gasteiger partial charge >= 0.3 is 0 Å². The Balaban J connectivity index is 1.82. The zero-order valence-corrected chi connectivity index (χ0v) is 21.2. The van der Waals surface area contributed by atoms with Crippen LogP contribution in [0.5, 0.6) is 0 Å². The molecule has 0 aromatic heterocycles. The van der Waals surface area contributed by atoms with Crippen LogP contribution in [0.2, 0.25) is 0 Å². The van der Waals surface area contributed by atoms with Crippen LogP contribution in [0, 0.1) is 0 Å². The summed E-state index contributed by atoms with van der Waals surface area (Å²) < 4.78 is 23.3. The molecule has 3 rings (SSSR count). The largest absolute Gasteiger partial charge is 0.394 e. The molecule has 0 aromatic carbocycles. The Morgan fingerprint density at radius 1 is 0.947 bits per heavy atom. The predicted octanol–water partition coefficient (Wildman–Crippen LogP) is -6.40. The van der Waals surface area contributed by atoms with E-state index in [-0.39, 0.29) is 32.0 Å². The summed E-state index contributed by atoms with van der Waals surface area (Å²) in [5.41, 5.74) is 29.6. The Kier molecular flexibility index (Phi) is 11.6. The lowest BCUT2D eigenvalue weighted by Gasteiger charge is -2.48. The van der Waals surface area contributed by atoms with Gasteiger partial charge in [0.05, 0.1) is 30.8 Å². The molecule has 16 nitrogen and oxygen atoms in total. The first kappa shape index (κ1) is 31.4. The number of rotatable bonds is 10. The molecule has 1 aliphatic carbocycles. The molecule has 2 saturated heterocycles. The molecule has 2 heterocycles. The topological polar surface area (TPSA) is 297 Å². The minimum atomic E-state index is -1.55. The molecule has 38 heavy (non-hydrogen) atoms. The number of carbonyl (C=O) groups is 1. The number of aliphatic hydroxyl groups is 5. The number of hydrogen-bond donors (Lipinski definition) is 11. The Morgan fingerprint density at radius 2 is 1.63 bits per heavy atom. The number of nitrogens with two attached hydrogens (primary N) is 5. The van der Waals surface area contributed by atoms with Gasteiger partial charge in [-0.15, -0.1) is 0 Å². The van der Waals surface area contributed by atoms with E-state index in [9.17, 15) is 30.3 Å². The molecule has 16 N–H and O–H groups in total. The zero-order chi connectivity index (χ0) is 28.1. The van der Waals surface area contributed by atoms with Gasteiger partial charge in [-0.3, -0.25) is 4.79 Å². The Hall–Kier alpha value is -1.09. The lowest BCUT2D eigenvalue weighted by Crippen LogP contribution is -2.69. The second-order valence-electron chi connectivity index (χ2n) is 10.2. The van der Waals surface area contributed by atoms with E-state index in [4.69, 9.17) is 47.6 Å². The van der Waals surface area contributed by atoms with Crippen molar-refractivity contribution in [2.75, 3.05) is 19.7 Å². The van der Waals surface area contributed by atoms with Crippen LogP contribution in [0.3, 0.4) is 0 Å². The lowest BCUT2D eigenvalue weighted by molar-refractivity contribution is -0.314. The van der Waals surface area contributed by atoms with Crippen LogP contribution in [0.15, 0.2) is 0 Å². The lowest BCUT2D eigenvalue weighted by atomic mass is 9.83. The number of ether oxygens (including phenoxy) is 4. The van der Waals surface area contributed by atoms with Crippen LogP contribution in [-0.2, 0) is 23.7 Å². The number of carbonyl (C=O) groups excluding carboxylic acids is 1. The van der Waals surface area contributed by atoms with Crippen LogP contribution in [0.25, 0.3) is 0 Å². The zero-order valence-electron chi connectivity index (χ0n) is 21.2. The Labute approximate surface area is 220 Å². The highest BCUT2D eigenvalue weighted by atomic mass is 16.7. The fourth-order valence-corrected chi connectivity index (χ4v) is 5.02. The molecular formula is C22H44N6O10. The first-order valence-electron chi connectivity index (χ1n) is 12.9. The van der Waals surface area contributed by atoms with Crippen LogP contribution in [-0.4, -0.2) is 137 Å². The van der Waals surface area contributed by atoms with E-state index in [0.717, 1.165) is 0 Å². The maximum absolute atomic E-state index is 12.6. The maximum Gasteiger partial charge on any atom is 0.249 e. The summed E-state index contributed by atoms with van der Waals surface area (Å²) in [7, 11) is 0. The smallest absolute Gasteiger partial charge is 0.249 e. The quantitative estimate of drug-likeness (QED) is 0.120. The predicted molar refractivity (Wildman–Crippen MR) is 131 cm³/mol. The molecule has 5 unspecified atom stereocenters. The monoisotopic (exact) mass is 552 g/mol. The van der Waals surface area contributed by atoms with Gasteiger partial charge in [0, 0.05) is 12.6 Å². The Bertz CT molecular complexity index is 755. The summed E-state index contributed by atoms with van der Waals surface area (Å²) in [5, 5.41) is 54.4. The summed E-state index contributed by atoms with van der Waals surface area (Å²) >= 11 is 0. The molecule has 0 bridgehead atoms. The van der Waals surface area contributed by atoms with Crippen LogP contribution >= 0.6 is 0 Å². The van der Waals surface area contributed by atoms with Crippen LogP contribution in [0.1, 0.15) is 25.7 Å². The molecule has 16 heteroatoms. The first-order valence-corrected chi connectivity index (χ1v) is 12.9. The minimum Gasteiger partial charge on any atom is -0.394 e. The van der Waals surface area contributed by atoms with Crippen LogP contribution in [0.4, 0.5) is 0 Å². The van der Waals surface area contributed by atoms with E-state index in [1.54, 1.807) is 0 Å². The van der Waals surface area contributed by atoms with Crippen molar-refractivity contribution in [2.24, 2.45) is 28.7 Å². The molecule has 1 amide bonds. The third-order valence-corrected chi connectivity index (χ3v) is 7.37. The minimum absolute atomic E-state index is 0.000983. The van der Waals surface area contributed by atoms with Gasteiger partial charge in [-0.2, -0.15) is 0 Å². The van der Waals surface area contributed by atoms with Crippen molar-refractivity contribution in [3.05, 3.63) is 0 Å². The van der Waals surface area contributed by atoms with Crippen LogP contribution < -0.4 is 34.0 Å². The first-order chi connectivity index (χ1) is 18.0. The van der Waals surface area contributed by atoms with Gasteiger partial charge < -0.3 is 78.5 Å². The summed E-state index contributed by atoms with van der Waals surface area (Å²) in [6.45, 7) is -0.296. The molecule has 0 aromatic rings. The van der Waals surface area contributed by atoms with Gasteiger partial charge in [0.15, 0.2) is 12.6 Å². The fourth-order valence-electron chi connectivity index (χ4n) is 5.02. The summed E-state index contributed by atoms with van der Waals surface area (Å²) in [4.78, 5) is 12.6. The van der Waals surface area contributed by atoms with Gasteiger partial charge in [-0.1, -0.05) is 0 Å².